The van der Waals surface area contributed by atoms with Crippen LogP contribution in [0.2, 0.25) is 0 Å². The molecule has 0 atom stereocenters. The summed E-state index contributed by atoms with van der Waals surface area (Å²) >= 11 is 0. The Kier molecular flexibility index (Phi) is 3.88. The van der Waals surface area contributed by atoms with Crippen LogP contribution in [-0.2, 0) is 10.8 Å². The maximum absolute atomic E-state index is 10.2. The molecular weight excluding hydrogens is 256 g/mol. The lowest BCUT2D eigenvalue weighted by Crippen LogP contribution is -2.16. The summed E-state index contributed by atoms with van der Waals surface area (Å²) in [5.74, 6) is 0.336. The Hall–Kier alpha value is -1.76. The molecule has 112 valence electrons. The van der Waals surface area contributed by atoms with Crippen molar-refractivity contribution in [3.63, 3.8) is 0 Å². The summed E-state index contributed by atoms with van der Waals surface area (Å²) in [6.07, 6.45) is 0. The average molecular weight is 282 g/mol. The Morgan fingerprint density at radius 1 is 0.714 bits per heavy atom. The van der Waals surface area contributed by atoms with E-state index in [0.29, 0.717) is 5.75 Å². The number of rotatable bonds is 1. The van der Waals surface area contributed by atoms with Crippen molar-refractivity contribution >= 4 is 0 Å². The number of aromatic hydroxyl groups is 1. The van der Waals surface area contributed by atoms with Crippen molar-refractivity contribution in [2.45, 2.75) is 52.4 Å². The first-order valence-corrected chi connectivity index (χ1v) is 7.53. The zero-order chi connectivity index (χ0) is 15.8. The monoisotopic (exact) mass is 282 g/mol. The molecule has 1 nitrogen and oxygen atoms in total. The number of phenols is 1. The van der Waals surface area contributed by atoms with Gasteiger partial charge in [0.25, 0.3) is 0 Å². The SMILES string of the molecule is CC(C)(C)c1cc(-c2ccccc2O)cc(C(C)(C)C)c1. The topological polar surface area (TPSA) is 20.2 Å². The first-order chi connectivity index (χ1) is 9.59. The second-order valence-corrected chi connectivity index (χ2v) is 7.82. The van der Waals surface area contributed by atoms with E-state index >= 15 is 0 Å². The molecule has 2 rings (SSSR count). The second kappa shape index (κ2) is 5.22. The first kappa shape index (κ1) is 15.6. The van der Waals surface area contributed by atoms with E-state index in [1.165, 1.54) is 11.1 Å². The third kappa shape index (κ3) is 3.47. The van der Waals surface area contributed by atoms with Crippen molar-refractivity contribution in [3.05, 3.63) is 53.6 Å². The Morgan fingerprint density at radius 2 is 1.19 bits per heavy atom. The molecule has 1 heteroatoms. The fourth-order valence-electron chi connectivity index (χ4n) is 2.37. The van der Waals surface area contributed by atoms with E-state index in [-0.39, 0.29) is 10.8 Å². The maximum atomic E-state index is 10.2. The van der Waals surface area contributed by atoms with Crippen LogP contribution >= 0.6 is 0 Å². The van der Waals surface area contributed by atoms with E-state index in [4.69, 9.17) is 0 Å². The Morgan fingerprint density at radius 3 is 1.62 bits per heavy atom. The maximum Gasteiger partial charge on any atom is 0.123 e. The summed E-state index contributed by atoms with van der Waals surface area (Å²) in [6, 6.07) is 14.2. The van der Waals surface area contributed by atoms with Gasteiger partial charge in [0.1, 0.15) is 5.75 Å². The van der Waals surface area contributed by atoms with Gasteiger partial charge in [-0.05, 0) is 33.6 Å². The molecule has 0 bridgehead atoms. The van der Waals surface area contributed by atoms with Gasteiger partial charge in [-0.1, -0.05) is 77.9 Å². The molecule has 0 heterocycles. The summed E-state index contributed by atoms with van der Waals surface area (Å²) in [4.78, 5) is 0. The summed E-state index contributed by atoms with van der Waals surface area (Å²) in [5.41, 5.74) is 4.75. The first-order valence-electron chi connectivity index (χ1n) is 7.53. The van der Waals surface area contributed by atoms with Gasteiger partial charge in [-0.2, -0.15) is 0 Å². The highest BCUT2D eigenvalue weighted by Crippen LogP contribution is 2.36. The van der Waals surface area contributed by atoms with Gasteiger partial charge in [0.05, 0.1) is 0 Å². The van der Waals surface area contributed by atoms with Gasteiger partial charge in [-0.15, -0.1) is 0 Å². The van der Waals surface area contributed by atoms with Crippen molar-refractivity contribution in [1.82, 2.24) is 0 Å². The lowest BCUT2D eigenvalue weighted by molar-refractivity contribution is 0.477. The lowest BCUT2D eigenvalue weighted by Gasteiger charge is -2.26. The summed E-state index contributed by atoms with van der Waals surface area (Å²) in [6.45, 7) is 13.4. The minimum atomic E-state index is 0.0837. The van der Waals surface area contributed by atoms with E-state index in [0.717, 1.165) is 11.1 Å². The highest BCUT2D eigenvalue weighted by atomic mass is 16.3. The number of hydrogen-bond acceptors (Lipinski definition) is 1. The Balaban J connectivity index is 2.70. The van der Waals surface area contributed by atoms with Crippen LogP contribution < -0.4 is 0 Å². The van der Waals surface area contributed by atoms with Gasteiger partial charge in [0, 0.05) is 5.56 Å². The van der Waals surface area contributed by atoms with Crippen molar-refractivity contribution in [2.75, 3.05) is 0 Å². The minimum Gasteiger partial charge on any atom is -0.507 e. The quantitative estimate of drug-likeness (QED) is 0.716. The third-order valence-corrected chi connectivity index (χ3v) is 3.88. The molecule has 0 unspecified atom stereocenters. The second-order valence-electron chi connectivity index (χ2n) is 7.82. The third-order valence-electron chi connectivity index (χ3n) is 3.88. The normalized spacial score (nSPS) is 12.5. The molecule has 0 saturated carbocycles. The van der Waals surface area contributed by atoms with E-state index in [9.17, 15) is 5.11 Å². The molecule has 0 amide bonds. The molecule has 2 aromatic rings. The van der Waals surface area contributed by atoms with E-state index in [1.54, 1.807) is 6.07 Å². The lowest BCUT2D eigenvalue weighted by atomic mass is 9.79. The van der Waals surface area contributed by atoms with Crippen LogP contribution in [0.4, 0.5) is 0 Å². The number of phenolic OH excluding ortho intramolecular Hbond substituents is 1. The standard InChI is InChI=1S/C20H26O/c1-19(2,3)15-11-14(12-16(13-15)20(4,5)6)17-9-7-8-10-18(17)21/h7-13,21H,1-6H3. The van der Waals surface area contributed by atoms with Gasteiger partial charge in [0.15, 0.2) is 0 Å². The van der Waals surface area contributed by atoms with Crippen molar-refractivity contribution < 1.29 is 5.11 Å². The van der Waals surface area contributed by atoms with Crippen LogP contribution in [0.25, 0.3) is 11.1 Å². The van der Waals surface area contributed by atoms with Gasteiger partial charge < -0.3 is 5.11 Å². The van der Waals surface area contributed by atoms with Crippen LogP contribution in [0.15, 0.2) is 42.5 Å². The molecule has 2 aromatic carbocycles. The van der Waals surface area contributed by atoms with E-state index < -0.39 is 0 Å². The molecule has 1 N–H and O–H groups in total. The van der Waals surface area contributed by atoms with Crippen LogP contribution in [0.3, 0.4) is 0 Å². The Bertz CT molecular complexity index is 607. The summed E-state index contributed by atoms with van der Waals surface area (Å²) in [5, 5.41) is 10.2. The fraction of sp³-hybridized carbons (Fsp3) is 0.400. The number of para-hydroxylation sites is 1. The Labute approximate surface area is 128 Å². The summed E-state index contributed by atoms with van der Waals surface area (Å²) < 4.78 is 0. The van der Waals surface area contributed by atoms with Gasteiger partial charge >= 0.3 is 0 Å². The van der Waals surface area contributed by atoms with Gasteiger partial charge in [0.2, 0.25) is 0 Å². The number of hydrogen-bond donors (Lipinski definition) is 1. The highest BCUT2D eigenvalue weighted by Gasteiger charge is 2.21. The molecule has 0 saturated heterocycles. The molecule has 21 heavy (non-hydrogen) atoms. The molecule has 0 aliphatic carbocycles. The molecule has 0 aliphatic rings. The fourth-order valence-corrected chi connectivity index (χ4v) is 2.37. The van der Waals surface area contributed by atoms with E-state index in [1.807, 2.05) is 18.2 Å². The zero-order valence-electron chi connectivity index (χ0n) is 14.0. The smallest absolute Gasteiger partial charge is 0.123 e. The minimum absolute atomic E-state index is 0.0837. The zero-order valence-corrected chi connectivity index (χ0v) is 14.0. The highest BCUT2D eigenvalue weighted by molar-refractivity contribution is 5.71. The molecular formula is C20H26O. The van der Waals surface area contributed by atoms with Crippen LogP contribution in [0.5, 0.6) is 5.75 Å². The molecule has 0 radical (unpaired) electrons. The van der Waals surface area contributed by atoms with Crippen LogP contribution in [0.1, 0.15) is 52.7 Å². The molecule has 0 aromatic heterocycles. The van der Waals surface area contributed by atoms with Crippen LogP contribution in [0, 0.1) is 0 Å². The van der Waals surface area contributed by atoms with Gasteiger partial charge in [-0.3, -0.25) is 0 Å². The predicted molar refractivity (Wildman–Crippen MR) is 90.9 cm³/mol. The van der Waals surface area contributed by atoms with Crippen molar-refractivity contribution in [1.29, 1.82) is 0 Å². The van der Waals surface area contributed by atoms with E-state index in [2.05, 4.69) is 59.7 Å². The molecule has 0 spiro atoms. The average Bonchev–Trinajstić information content (AvgIpc) is 2.36. The number of benzene rings is 2. The molecule has 0 fully saturated rings. The largest absolute Gasteiger partial charge is 0.507 e. The summed E-state index contributed by atoms with van der Waals surface area (Å²) in [7, 11) is 0. The van der Waals surface area contributed by atoms with Crippen molar-refractivity contribution in [3.8, 4) is 16.9 Å². The molecule has 0 aliphatic heterocycles. The van der Waals surface area contributed by atoms with Crippen LogP contribution in [-0.4, -0.2) is 5.11 Å². The van der Waals surface area contributed by atoms with Gasteiger partial charge in [-0.25, -0.2) is 0 Å². The van der Waals surface area contributed by atoms with Crippen molar-refractivity contribution in [2.24, 2.45) is 0 Å². The predicted octanol–water partition coefficient (Wildman–Crippen LogP) is 5.65.